The monoisotopic (exact) mass is 336 g/mol. The molecule has 0 spiro atoms. The summed E-state index contributed by atoms with van der Waals surface area (Å²) in [6.45, 7) is 5.50. The van der Waals surface area contributed by atoms with Crippen LogP contribution in [-0.4, -0.2) is 51.0 Å². The van der Waals surface area contributed by atoms with Gasteiger partial charge in [-0.3, -0.25) is 4.90 Å². The third-order valence-corrected chi connectivity index (χ3v) is 4.32. The van der Waals surface area contributed by atoms with Gasteiger partial charge in [0.1, 0.15) is 12.4 Å². The van der Waals surface area contributed by atoms with Crippen LogP contribution in [0.5, 0.6) is 0 Å². The van der Waals surface area contributed by atoms with Crippen molar-refractivity contribution in [2.75, 3.05) is 26.2 Å². The Bertz CT molecular complexity index is 649. The molecular weight excluding hydrogens is 316 g/mol. The predicted molar refractivity (Wildman–Crippen MR) is 87.2 cm³/mol. The Morgan fingerprint density at radius 2 is 2.35 bits per heavy atom. The van der Waals surface area contributed by atoms with E-state index in [1.54, 1.807) is 18.5 Å². The van der Waals surface area contributed by atoms with E-state index < -0.39 is 6.10 Å². The largest absolute Gasteiger partial charge is 0.387 e. The molecule has 1 aromatic heterocycles. The highest BCUT2D eigenvalue weighted by Crippen LogP contribution is 2.23. The lowest BCUT2D eigenvalue weighted by molar-refractivity contribution is -0.0476. The molecule has 1 aromatic carbocycles. The normalized spacial score (nSPS) is 20.6. The van der Waals surface area contributed by atoms with Gasteiger partial charge in [-0.2, -0.15) is 0 Å². The third-order valence-electron chi connectivity index (χ3n) is 4.09. The van der Waals surface area contributed by atoms with Crippen molar-refractivity contribution in [2.24, 2.45) is 0 Å². The van der Waals surface area contributed by atoms with Gasteiger partial charge >= 0.3 is 0 Å². The summed E-state index contributed by atoms with van der Waals surface area (Å²) in [6, 6.07) is 7.35. The van der Waals surface area contributed by atoms with E-state index in [2.05, 4.69) is 22.0 Å². The molecule has 2 aromatic rings. The van der Waals surface area contributed by atoms with Gasteiger partial charge in [0.05, 0.1) is 12.7 Å². The molecule has 2 heterocycles. The van der Waals surface area contributed by atoms with Gasteiger partial charge in [0.15, 0.2) is 5.82 Å². The highest BCUT2D eigenvalue weighted by Gasteiger charge is 2.27. The fraction of sp³-hybridized carbons (Fsp3) is 0.500. The second kappa shape index (κ2) is 7.40. The van der Waals surface area contributed by atoms with Crippen molar-refractivity contribution in [1.29, 1.82) is 0 Å². The Kier molecular flexibility index (Phi) is 5.27. The molecule has 1 N–H and O–H groups in total. The van der Waals surface area contributed by atoms with Crippen LogP contribution in [0.2, 0.25) is 5.02 Å². The molecule has 2 atom stereocenters. The van der Waals surface area contributed by atoms with Crippen molar-refractivity contribution < 1.29 is 9.84 Å². The van der Waals surface area contributed by atoms with Crippen LogP contribution in [0.3, 0.4) is 0 Å². The number of hydrogen-bond donors (Lipinski definition) is 1. The second-order valence-electron chi connectivity index (χ2n) is 5.66. The van der Waals surface area contributed by atoms with Crippen molar-refractivity contribution in [3.8, 4) is 0 Å². The number of aliphatic hydroxyl groups excluding tert-OH is 1. The Balaban J connectivity index is 1.65. The van der Waals surface area contributed by atoms with Crippen LogP contribution < -0.4 is 0 Å². The number of nitrogens with zero attached hydrogens (tertiary/aromatic N) is 4. The van der Waals surface area contributed by atoms with Crippen molar-refractivity contribution in [2.45, 2.75) is 25.7 Å². The topological polar surface area (TPSA) is 63.4 Å². The smallest absolute Gasteiger partial charge is 0.163 e. The molecule has 1 fully saturated rings. The van der Waals surface area contributed by atoms with Crippen LogP contribution in [0.1, 0.15) is 30.5 Å². The minimum atomic E-state index is -0.573. The summed E-state index contributed by atoms with van der Waals surface area (Å²) in [5, 5.41) is 19.2. The van der Waals surface area contributed by atoms with Crippen LogP contribution >= 0.6 is 11.6 Å². The van der Waals surface area contributed by atoms with Gasteiger partial charge in [-0.05, 0) is 24.6 Å². The average molecular weight is 337 g/mol. The van der Waals surface area contributed by atoms with Crippen molar-refractivity contribution in [3.63, 3.8) is 0 Å². The van der Waals surface area contributed by atoms with Gasteiger partial charge in [-0.1, -0.05) is 23.7 Å². The van der Waals surface area contributed by atoms with Gasteiger partial charge in [-0.15, -0.1) is 10.2 Å². The molecule has 1 aliphatic rings. The lowest BCUT2D eigenvalue weighted by Crippen LogP contribution is -2.41. The second-order valence-corrected chi connectivity index (χ2v) is 6.10. The quantitative estimate of drug-likeness (QED) is 0.905. The number of aryl methyl sites for hydroxylation is 1. The molecule has 0 amide bonds. The van der Waals surface area contributed by atoms with Crippen LogP contribution in [0.4, 0.5) is 0 Å². The molecule has 0 unspecified atom stereocenters. The van der Waals surface area contributed by atoms with Gasteiger partial charge < -0.3 is 14.4 Å². The van der Waals surface area contributed by atoms with Crippen molar-refractivity contribution in [3.05, 3.63) is 47.0 Å². The minimum Gasteiger partial charge on any atom is -0.387 e. The van der Waals surface area contributed by atoms with E-state index in [-0.39, 0.29) is 6.10 Å². The van der Waals surface area contributed by atoms with E-state index in [0.717, 1.165) is 24.5 Å². The number of β-amino-alcohol motifs (C(OH)–C–C–N with tert-alkyl or cyclic N) is 1. The maximum atomic E-state index is 10.4. The standard InChI is InChI=1S/C16H21ClN4O2/c1-2-21-11-18-19-16(21)15-10-20(6-7-23-15)9-14(22)12-4-3-5-13(17)8-12/h3-5,8,11,14-15,22H,2,6-7,9-10H2,1H3/t14-,15-/m0/s1. The zero-order valence-electron chi connectivity index (χ0n) is 13.1. The zero-order chi connectivity index (χ0) is 16.2. The number of rotatable bonds is 5. The highest BCUT2D eigenvalue weighted by molar-refractivity contribution is 6.30. The van der Waals surface area contributed by atoms with E-state index in [4.69, 9.17) is 16.3 Å². The van der Waals surface area contributed by atoms with Gasteiger partial charge in [0.25, 0.3) is 0 Å². The minimum absolute atomic E-state index is 0.113. The van der Waals surface area contributed by atoms with Gasteiger partial charge in [0, 0.05) is 31.2 Å². The lowest BCUT2D eigenvalue weighted by atomic mass is 10.1. The molecule has 124 valence electrons. The molecule has 6 nitrogen and oxygen atoms in total. The Morgan fingerprint density at radius 3 is 3.13 bits per heavy atom. The van der Waals surface area contributed by atoms with Crippen molar-refractivity contribution >= 4 is 11.6 Å². The van der Waals surface area contributed by atoms with E-state index in [1.807, 2.05) is 16.7 Å². The number of ether oxygens (including phenoxy) is 1. The van der Waals surface area contributed by atoms with E-state index in [0.29, 0.717) is 24.7 Å². The summed E-state index contributed by atoms with van der Waals surface area (Å²) in [7, 11) is 0. The summed E-state index contributed by atoms with van der Waals surface area (Å²) in [5.74, 6) is 0.842. The fourth-order valence-corrected chi connectivity index (χ4v) is 3.04. The molecular formula is C16H21ClN4O2. The number of morpholine rings is 1. The fourth-order valence-electron chi connectivity index (χ4n) is 2.85. The third kappa shape index (κ3) is 3.90. The summed E-state index contributed by atoms with van der Waals surface area (Å²) >= 11 is 5.99. The average Bonchev–Trinajstić information content (AvgIpc) is 3.04. The maximum Gasteiger partial charge on any atom is 0.163 e. The predicted octanol–water partition coefficient (Wildman–Crippen LogP) is 2.06. The molecule has 1 aliphatic heterocycles. The van der Waals surface area contributed by atoms with Gasteiger partial charge in [-0.25, -0.2) is 0 Å². The van der Waals surface area contributed by atoms with Crippen LogP contribution in [0.25, 0.3) is 0 Å². The first kappa shape index (κ1) is 16.4. The molecule has 1 saturated heterocycles. The van der Waals surface area contributed by atoms with E-state index in [9.17, 15) is 5.11 Å². The van der Waals surface area contributed by atoms with Crippen molar-refractivity contribution in [1.82, 2.24) is 19.7 Å². The van der Waals surface area contributed by atoms with Gasteiger partial charge in [0.2, 0.25) is 0 Å². The number of hydrogen-bond acceptors (Lipinski definition) is 5. The number of benzene rings is 1. The molecule has 0 aliphatic carbocycles. The first-order chi connectivity index (χ1) is 11.2. The zero-order valence-corrected chi connectivity index (χ0v) is 13.9. The maximum absolute atomic E-state index is 10.4. The number of aliphatic hydroxyl groups is 1. The molecule has 0 bridgehead atoms. The molecule has 0 saturated carbocycles. The Hall–Kier alpha value is -1.47. The summed E-state index contributed by atoms with van der Waals surface area (Å²) in [4.78, 5) is 2.19. The molecule has 0 radical (unpaired) electrons. The van der Waals surface area contributed by atoms with Crippen LogP contribution in [0, 0.1) is 0 Å². The van der Waals surface area contributed by atoms with Crippen LogP contribution in [-0.2, 0) is 11.3 Å². The first-order valence-corrected chi connectivity index (χ1v) is 8.20. The Morgan fingerprint density at radius 1 is 1.48 bits per heavy atom. The van der Waals surface area contributed by atoms with Crippen LogP contribution in [0.15, 0.2) is 30.6 Å². The first-order valence-electron chi connectivity index (χ1n) is 7.82. The molecule has 23 heavy (non-hydrogen) atoms. The SMILES string of the molecule is CCn1cnnc1[C@@H]1CN(C[C@H](O)c2cccc(Cl)c2)CCO1. The van der Waals surface area contributed by atoms with E-state index >= 15 is 0 Å². The highest BCUT2D eigenvalue weighted by atomic mass is 35.5. The lowest BCUT2D eigenvalue weighted by Gasteiger charge is -2.33. The number of halogens is 1. The number of aromatic nitrogens is 3. The summed E-state index contributed by atoms with van der Waals surface area (Å²) < 4.78 is 7.82. The van der Waals surface area contributed by atoms with E-state index in [1.165, 1.54) is 0 Å². The molecule has 7 heteroatoms. The molecule has 3 rings (SSSR count). The Labute approximate surface area is 140 Å². The summed E-state index contributed by atoms with van der Waals surface area (Å²) in [6.07, 6.45) is 1.03. The summed E-state index contributed by atoms with van der Waals surface area (Å²) in [5.41, 5.74) is 0.831.